The lowest BCUT2D eigenvalue weighted by Gasteiger charge is -2.33. The van der Waals surface area contributed by atoms with Crippen molar-refractivity contribution in [1.29, 1.82) is 0 Å². The molecule has 0 saturated carbocycles. The lowest BCUT2D eigenvalue weighted by molar-refractivity contribution is 0.752. The molecule has 118 valence electrons. The first-order valence-electron chi connectivity index (χ1n) is 8.04. The average molecular weight is 303 g/mol. The maximum atomic E-state index is 3.71. The van der Waals surface area contributed by atoms with Gasteiger partial charge in [-0.05, 0) is 38.5 Å². The van der Waals surface area contributed by atoms with Gasteiger partial charge in [0.1, 0.15) is 0 Å². The molecule has 1 heteroatoms. The van der Waals surface area contributed by atoms with Crippen LogP contribution in [-0.4, -0.2) is 6.04 Å². The summed E-state index contributed by atoms with van der Waals surface area (Å²) in [5.41, 5.74) is 3.66. The summed E-state index contributed by atoms with van der Waals surface area (Å²) in [7, 11) is 0. The molecule has 23 heavy (non-hydrogen) atoms. The quantitative estimate of drug-likeness (QED) is 0.585. The standard InChI is InChI=1S/C22H25N/c1-4-5-12-19(2)17-18-20(3)23(21-13-8-6-9-14-21)22-15-10-7-11-16-22/h4-15,17-18,22H,1,16H2,2-3H3/b12-5+,19-17+,20-18+. The van der Waals surface area contributed by atoms with E-state index < -0.39 is 0 Å². The topological polar surface area (TPSA) is 3.24 Å². The summed E-state index contributed by atoms with van der Waals surface area (Å²) in [6, 6.07) is 10.9. The van der Waals surface area contributed by atoms with Crippen LogP contribution in [0.4, 0.5) is 5.69 Å². The van der Waals surface area contributed by atoms with Crippen LogP contribution < -0.4 is 4.90 Å². The van der Waals surface area contributed by atoms with Gasteiger partial charge in [-0.25, -0.2) is 0 Å². The van der Waals surface area contributed by atoms with Gasteiger partial charge >= 0.3 is 0 Å². The zero-order valence-corrected chi connectivity index (χ0v) is 14.0. The van der Waals surface area contributed by atoms with Crippen molar-refractivity contribution in [3.63, 3.8) is 0 Å². The van der Waals surface area contributed by atoms with Crippen LogP contribution in [0.25, 0.3) is 0 Å². The van der Waals surface area contributed by atoms with Gasteiger partial charge in [-0.1, -0.05) is 79.0 Å². The smallest absolute Gasteiger partial charge is 0.0556 e. The average Bonchev–Trinajstić information content (AvgIpc) is 2.60. The highest BCUT2D eigenvalue weighted by atomic mass is 15.2. The number of hydrogen-bond donors (Lipinski definition) is 0. The molecule has 0 aromatic heterocycles. The normalized spacial score (nSPS) is 18.4. The number of hydrogen-bond acceptors (Lipinski definition) is 1. The first-order chi connectivity index (χ1) is 11.2. The Balaban J connectivity index is 2.29. The van der Waals surface area contributed by atoms with Crippen LogP contribution in [0.1, 0.15) is 20.3 Å². The maximum absolute atomic E-state index is 3.71. The van der Waals surface area contributed by atoms with Crippen LogP contribution in [0.15, 0.2) is 103 Å². The molecule has 0 saturated heterocycles. The molecular formula is C22H25N. The van der Waals surface area contributed by atoms with Crippen molar-refractivity contribution >= 4 is 5.69 Å². The van der Waals surface area contributed by atoms with Crippen LogP contribution in [0.3, 0.4) is 0 Å². The Morgan fingerprint density at radius 2 is 1.91 bits per heavy atom. The number of para-hydroxylation sites is 1. The molecule has 0 N–H and O–H groups in total. The third kappa shape index (κ3) is 5.00. The predicted octanol–water partition coefficient (Wildman–Crippen LogP) is 5.97. The van der Waals surface area contributed by atoms with Crippen molar-refractivity contribution in [2.24, 2.45) is 0 Å². The highest BCUT2D eigenvalue weighted by molar-refractivity contribution is 5.55. The van der Waals surface area contributed by atoms with Crippen molar-refractivity contribution in [2.75, 3.05) is 4.90 Å². The van der Waals surface area contributed by atoms with E-state index in [4.69, 9.17) is 0 Å². The first-order valence-corrected chi connectivity index (χ1v) is 8.04. The van der Waals surface area contributed by atoms with Crippen molar-refractivity contribution < 1.29 is 0 Å². The molecule has 1 unspecified atom stereocenters. The summed E-state index contributed by atoms with van der Waals surface area (Å²) in [6.45, 7) is 7.97. The van der Waals surface area contributed by atoms with Gasteiger partial charge in [0, 0.05) is 11.4 Å². The fourth-order valence-corrected chi connectivity index (χ4v) is 2.61. The second-order valence-corrected chi connectivity index (χ2v) is 5.64. The Labute approximate surface area is 140 Å². The summed E-state index contributed by atoms with van der Waals surface area (Å²) in [6.07, 6.45) is 19.9. The van der Waals surface area contributed by atoms with Crippen molar-refractivity contribution in [3.05, 3.63) is 103 Å². The minimum absolute atomic E-state index is 0.357. The number of allylic oxidation sites excluding steroid dienone is 9. The molecule has 0 fully saturated rings. The lowest BCUT2D eigenvalue weighted by atomic mass is 10.0. The Kier molecular flexibility index (Phi) is 6.43. The van der Waals surface area contributed by atoms with Crippen LogP contribution in [0.5, 0.6) is 0 Å². The highest BCUT2D eigenvalue weighted by Gasteiger charge is 2.17. The van der Waals surface area contributed by atoms with Gasteiger partial charge in [-0.3, -0.25) is 0 Å². The summed E-state index contributed by atoms with van der Waals surface area (Å²) >= 11 is 0. The molecule has 0 radical (unpaired) electrons. The van der Waals surface area contributed by atoms with Crippen molar-refractivity contribution in [1.82, 2.24) is 0 Å². The van der Waals surface area contributed by atoms with E-state index in [1.807, 2.05) is 6.08 Å². The van der Waals surface area contributed by atoms with Gasteiger partial charge in [0.15, 0.2) is 0 Å². The van der Waals surface area contributed by atoms with Crippen molar-refractivity contribution in [2.45, 2.75) is 26.3 Å². The molecule has 1 aliphatic carbocycles. The molecule has 0 aliphatic heterocycles. The molecule has 1 aromatic carbocycles. The van der Waals surface area contributed by atoms with Crippen LogP contribution in [0, 0.1) is 0 Å². The Bertz CT molecular complexity index is 656. The van der Waals surface area contributed by atoms with E-state index >= 15 is 0 Å². The maximum Gasteiger partial charge on any atom is 0.0556 e. The van der Waals surface area contributed by atoms with Gasteiger partial charge < -0.3 is 4.90 Å². The Hall–Kier alpha value is -2.54. The van der Waals surface area contributed by atoms with E-state index in [0.717, 1.165) is 6.42 Å². The Morgan fingerprint density at radius 1 is 1.13 bits per heavy atom. The molecule has 1 nitrogen and oxygen atoms in total. The molecule has 0 amide bonds. The second-order valence-electron chi connectivity index (χ2n) is 5.64. The second kappa shape index (κ2) is 8.79. The lowest BCUT2D eigenvalue weighted by Crippen LogP contribution is -2.32. The van der Waals surface area contributed by atoms with Crippen LogP contribution in [0.2, 0.25) is 0 Å². The molecule has 0 bridgehead atoms. The van der Waals surface area contributed by atoms with E-state index in [9.17, 15) is 0 Å². The van der Waals surface area contributed by atoms with E-state index in [-0.39, 0.29) is 0 Å². The van der Waals surface area contributed by atoms with Crippen LogP contribution in [-0.2, 0) is 0 Å². The first kappa shape index (κ1) is 16.8. The number of nitrogens with zero attached hydrogens (tertiary/aromatic N) is 1. The van der Waals surface area contributed by atoms with Crippen molar-refractivity contribution in [3.8, 4) is 0 Å². The minimum Gasteiger partial charge on any atom is -0.338 e. The molecule has 1 atom stereocenters. The molecule has 2 rings (SSSR count). The Morgan fingerprint density at radius 3 is 2.57 bits per heavy atom. The molecule has 1 aromatic rings. The summed E-state index contributed by atoms with van der Waals surface area (Å²) in [5, 5.41) is 0. The zero-order chi connectivity index (χ0) is 16.5. The fourth-order valence-electron chi connectivity index (χ4n) is 2.61. The summed E-state index contributed by atoms with van der Waals surface area (Å²) < 4.78 is 0. The monoisotopic (exact) mass is 303 g/mol. The van der Waals surface area contributed by atoms with E-state index in [1.54, 1.807) is 6.08 Å². The zero-order valence-electron chi connectivity index (χ0n) is 14.0. The van der Waals surface area contributed by atoms with Crippen LogP contribution >= 0.6 is 0 Å². The largest absolute Gasteiger partial charge is 0.338 e. The summed E-state index contributed by atoms with van der Waals surface area (Å²) in [4.78, 5) is 2.39. The number of benzene rings is 1. The number of rotatable bonds is 6. The third-order valence-electron chi connectivity index (χ3n) is 3.79. The van der Waals surface area contributed by atoms with E-state index in [2.05, 4.69) is 98.2 Å². The summed E-state index contributed by atoms with van der Waals surface area (Å²) in [5.74, 6) is 0. The van der Waals surface area contributed by atoms with E-state index in [0.29, 0.717) is 6.04 Å². The number of anilines is 1. The molecular weight excluding hydrogens is 278 g/mol. The fraction of sp³-hybridized carbons (Fsp3) is 0.182. The molecule has 1 aliphatic rings. The third-order valence-corrected chi connectivity index (χ3v) is 3.79. The van der Waals surface area contributed by atoms with Gasteiger partial charge in [0.25, 0.3) is 0 Å². The van der Waals surface area contributed by atoms with Gasteiger partial charge in [0.2, 0.25) is 0 Å². The van der Waals surface area contributed by atoms with Gasteiger partial charge in [-0.15, -0.1) is 0 Å². The van der Waals surface area contributed by atoms with Gasteiger partial charge in [0.05, 0.1) is 6.04 Å². The van der Waals surface area contributed by atoms with Gasteiger partial charge in [-0.2, -0.15) is 0 Å². The van der Waals surface area contributed by atoms with E-state index in [1.165, 1.54) is 17.0 Å². The SMILES string of the molecule is C=C/C=C/C(C)=C/C=C(\C)N(c1ccccc1)C1C=CC=CC1. The highest BCUT2D eigenvalue weighted by Crippen LogP contribution is 2.25. The predicted molar refractivity (Wildman–Crippen MR) is 102 cm³/mol. The molecule has 0 heterocycles. The molecule has 0 spiro atoms. The minimum atomic E-state index is 0.357.